The van der Waals surface area contributed by atoms with Crippen LogP contribution in [0.25, 0.3) is 0 Å². The lowest BCUT2D eigenvalue weighted by atomic mass is 10.2. The Labute approximate surface area is 84.3 Å². The third-order valence-corrected chi connectivity index (χ3v) is 1.50. The zero-order valence-electron chi connectivity index (χ0n) is 6.90. The number of esters is 1. The number of ether oxygens (including phenoxy) is 3. The summed E-state index contributed by atoms with van der Waals surface area (Å²) in [6.45, 7) is 3.03. The molecule has 0 aromatic rings. The SMILES string of the molecule is C.C.CC(=O)OCC1OC(=O)OC1C. The summed E-state index contributed by atoms with van der Waals surface area (Å²) in [5, 5.41) is 0. The van der Waals surface area contributed by atoms with Gasteiger partial charge in [0, 0.05) is 6.92 Å². The minimum atomic E-state index is -0.709. The molecule has 0 spiro atoms. The molecule has 2 unspecified atom stereocenters. The van der Waals surface area contributed by atoms with Crippen LogP contribution in [0, 0.1) is 0 Å². The predicted molar refractivity (Wildman–Crippen MR) is 50.9 cm³/mol. The van der Waals surface area contributed by atoms with Crippen molar-refractivity contribution in [2.75, 3.05) is 6.61 Å². The van der Waals surface area contributed by atoms with Crippen molar-refractivity contribution in [2.24, 2.45) is 0 Å². The molecule has 0 aromatic carbocycles. The average molecular weight is 206 g/mol. The summed E-state index contributed by atoms with van der Waals surface area (Å²) in [6, 6.07) is 0. The second-order valence-electron chi connectivity index (χ2n) is 2.53. The van der Waals surface area contributed by atoms with E-state index < -0.39 is 18.2 Å². The first-order valence-corrected chi connectivity index (χ1v) is 3.60. The van der Waals surface area contributed by atoms with Gasteiger partial charge in [-0.25, -0.2) is 4.79 Å². The first kappa shape index (κ1) is 15.2. The van der Waals surface area contributed by atoms with E-state index in [-0.39, 0.29) is 27.6 Å². The molecule has 2 atom stereocenters. The van der Waals surface area contributed by atoms with E-state index in [2.05, 4.69) is 14.2 Å². The van der Waals surface area contributed by atoms with Gasteiger partial charge >= 0.3 is 12.1 Å². The maximum absolute atomic E-state index is 10.5. The van der Waals surface area contributed by atoms with Crippen molar-refractivity contribution in [3.05, 3.63) is 0 Å². The second kappa shape index (κ2) is 6.23. The Kier molecular flexibility index (Phi) is 6.78. The lowest BCUT2D eigenvalue weighted by Gasteiger charge is -2.09. The highest BCUT2D eigenvalue weighted by Crippen LogP contribution is 2.14. The minimum absolute atomic E-state index is 0. The molecule has 14 heavy (non-hydrogen) atoms. The van der Waals surface area contributed by atoms with Gasteiger partial charge in [-0.1, -0.05) is 14.9 Å². The van der Waals surface area contributed by atoms with Gasteiger partial charge in [0.05, 0.1) is 0 Å². The molecule has 1 aliphatic rings. The third kappa shape index (κ3) is 4.11. The first-order valence-electron chi connectivity index (χ1n) is 3.60. The fourth-order valence-electron chi connectivity index (χ4n) is 0.844. The summed E-state index contributed by atoms with van der Waals surface area (Å²) in [6.07, 6.45) is -1.53. The number of cyclic esters (lactones) is 2. The Morgan fingerprint density at radius 1 is 1.43 bits per heavy atom. The molecule has 1 saturated heterocycles. The molecular formula is C9H18O5. The van der Waals surface area contributed by atoms with Gasteiger partial charge < -0.3 is 14.2 Å². The normalized spacial score (nSPS) is 23.7. The number of hydrogen-bond donors (Lipinski definition) is 0. The molecule has 0 aromatic heterocycles. The van der Waals surface area contributed by atoms with Crippen LogP contribution in [0.4, 0.5) is 4.79 Å². The Hall–Kier alpha value is -1.26. The third-order valence-electron chi connectivity index (χ3n) is 1.50. The van der Waals surface area contributed by atoms with E-state index in [1.807, 2.05) is 0 Å². The van der Waals surface area contributed by atoms with Gasteiger partial charge in [0.25, 0.3) is 0 Å². The van der Waals surface area contributed by atoms with Crippen LogP contribution in [0.15, 0.2) is 0 Å². The van der Waals surface area contributed by atoms with E-state index >= 15 is 0 Å². The highest BCUT2D eigenvalue weighted by atomic mass is 16.8. The Morgan fingerprint density at radius 2 is 2.00 bits per heavy atom. The maximum atomic E-state index is 10.5. The number of carbonyl (C=O) groups is 2. The van der Waals surface area contributed by atoms with Crippen molar-refractivity contribution in [1.82, 2.24) is 0 Å². The summed E-state index contributed by atoms with van der Waals surface area (Å²) in [5.41, 5.74) is 0. The lowest BCUT2D eigenvalue weighted by molar-refractivity contribution is -0.143. The van der Waals surface area contributed by atoms with E-state index in [0.29, 0.717) is 0 Å². The van der Waals surface area contributed by atoms with Gasteiger partial charge in [-0.2, -0.15) is 0 Å². The van der Waals surface area contributed by atoms with Crippen LogP contribution >= 0.6 is 0 Å². The molecule has 84 valence electrons. The number of carbonyl (C=O) groups excluding carboxylic acids is 2. The van der Waals surface area contributed by atoms with Gasteiger partial charge in [0.1, 0.15) is 12.7 Å². The molecule has 0 bridgehead atoms. The van der Waals surface area contributed by atoms with Crippen LogP contribution in [0.3, 0.4) is 0 Å². The number of hydrogen-bond acceptors (Lipinski definition) is 5. The van der Waals surface area contributed by atoms with Gasteiger partial charge in [0.2, 0.25) is 0 Å². The van der Waals surface area contributed by atoms with E-state index in [4.69, 9.17) is 0 Å². The molecule has 0 amide bonds. The van der Waals surface area contributed by atoms with Gasteiger partial charge in [-0.05, 0) is 6.92 Å². The van der Waals surface area contributed by atoms with Crippen LogP contribution < -0.4 is 0 Å². The molecule has 1 heterocycles. The van der Waals surface area contributed by atoms with Crippen LogP contribution in [0.1, 0.15) is 28.7 Å². The van der Waals surface area contributed by atoms with E-state index in [9.17, 15) is 9.59 Å². The van der Waals surface area contributed by atoms with Crippen molar-refractivity contribution in [3.63, 3.8) is 0 Å². The summed E-state index contributed by atoms with van der Waals surface area (Å²) in [5.74, 6) is -0.398. The minimum Gasteiger partial charge on any atom is -0.462 e. The van der Waals surface area contributed by atoms with Crippen molar-refractivity contribution in [1.29, 1.82) is 0 Å². The van der Waals surface area contributed by atoms with Crippen LogP contribution in [0.5, 0.6) is 0 Å². The molecule has 1 aliphatic heterocycles. The molecule has 0 radical (unpaired) electrons. The first-order chi connectivity index (χ1) is 5.59. The van der Waals surface area contributed by atoms with Crippen molar-refractivity contribution in [2.45, 2.75) is 40.9 Å². The predicted octanol–water partition coefficient (Wildman–Crippen LogP) is 1.75. The molecule has 0 saturated carbocycles. The van der Waals surface area contributed by atoms with Crippen LogP contribution in [-0.4, -0.2) is 30.9 Å². The Balaban J connectivity index is 0. The van der Waals surface area contributed by atoms with E-state index in [0.717, 1.165) is 0 Å². The van der Waals surface area contributed by atoms with Crippen molar-refractivity contribution >= 4 is 12.1 Å². The topological polar surface area (TPSA) is 61.8 Å². The van der Waals surface area contributed by atoms with Gasteiger partial charge in [0.15, 0.2) is 6.10 Å². The molecular weight excluding hydrogens is 188 g/mol. The Morgan fingerprint density at radius 3 is 2.36 bits per heavy atom. The summed E-state index contributed by atoms with van der Waals surface area (Å²) in [7, 11) is 0. The highest BCUT2D eigenvalue weighted by molar-refractivity contribution is 5.66. The monoisotopic (exact) mass is 206 g/mol. The largest absolute Gasteiger partial charge is 0.509 e. The molecule has 5 nitrogen and oxygen atoms in total. The fraction of sp³-hybridized carbons (Fsp3) is 0.778. The fourth-order valence-corrected chi connectivity index (χ4v) is 0.844. The molecule has 0 aliphatic carbocycles. The zero-order valence-corrected chi connectivity index (χ0v) is 6.90. The summed E-state index contributed by atoms with van der Waals surface area (Å²) in [4.78, 5) is 20.9. The Bertz CT molecular complexity index is 201. The van der Waals surface area contributed by atoms with Crippen molar-refractivity contribution in [3.8, 4) is 0 Å². The number of rotatable bonds is 2. The second-order valence-corrected chi connectivity index (χ2v) is 2.53. The zero-order chi connectivity index (χ0) is 9.14. The standard InChI is InChI=1S/C7H10O5.2CH4/c1-4-6(3-10-5(2)8)12-7(9)11-4;;/h4,6H,3H2,1-2H3;2*1H4. The lowest BCUT2D eigenvalue weighted by Crippen LogP contribution is -2.26. The van der Waals surface area contributed by atoms with Crippen LogP contribution in [-0.2, 0) is 19.0 Å². The average Bonchev–Trinajstić information content (AvgIpc) is 2.26. The van der Waals surface area contributed by atoms with E-state index in [1.54, 1.807) is 6.92 Å². The quantitative estimate of drug-likeness (QED) is 0.644. The van der Waals surface area contributed by atoms with Gasteiger partial charge in [-0.15, -0.1) is 0 Å². The van der Waals surface area contributed by atoms with Gasteiger partial charge in [-0.3, -0.25) is 4.79 Å². The smallest absolute Gasteiger partial charge is 0.462 e. The molecule has 1 fully saturated rings. The highest BCUT2D eigenvalue weighted by Gasteiger charge is 2.33. The molecule has 5 heteroatoms. The van der Waals surface area contributed by atoms with Crippen LogP contribution in [0.2, 0.25) is 0 Å². The van der Waals surface area contributed by atoms with E-state index in [1.165, 1.54) is 6.92 Å². The summed E-state index contributed by atoms with van der Waals surface area (Å²) < 4.78 is 14.0. The van der Waals surface area contributed by atoms with Crippen molar-refractivity contribution < 1.29 is 23.8 Å². The molecule has 0 N–H and O–H groups in total. The summed E-state index contributed by atoms with van der Waals surface area (Å²) >= 11 is 0. The molecule has 1 rings (SSSR count). The maximum Gasteiger partial charge on any atom is 0.509 e.